The molecule has 1 aromatic carbocycles. The summed E-state index contributed by atoms with van der Waals surface area (Å²) in [5.41, 5.74) is 1.14. The van der Waals surface area contributed by atoms with Gasteiger partial charge in [0.05, 0.1) is 0 Å². The highest BCUT2D eigenvalue weighted by Crippen LogP contribution is 2.08. The lowest BCUT2D eigenvalue weighted by Crippen LogP contribution is -1.94. The molecular weight excluding hydrogens is 174 g/mol. The lowest BCUT2D eigenvalue weighted by molar-refractivity contribution is 0.619. The van der Waals surface area contributed by atoms with Crippen LogP contribution in [0.3, 0.4) is 0 Å². The molecule has 1 aromatic rings. The average Bonchev–Trinajstić information content (AvgIpc) is 2.03. The number of thiol groups is 1. The lowest BCUT2D eigenvalue weighted by atomic mass is 10.2. The highest BCUT2D eigenvalue weighted by Gasteiger charge is 1.91. The van der Waals surface area contributed by atoms with Crippen LogP contribution in [0.2, 0.25) is 0 Å². The minimum Gasteiger partial charge on any atom is -0.286 e. The van der Waals surface area contributed by atoms with E-state index < -0.39 is 10.9 Å². The van der Waals surface area contributed by atoms with Crippen molar-refractivity contribution in [2.75, 3.05) is 4.72 Å². The Hall–Kier alpha value is -1.47. The van der Waals surface area contributed by atoms with E-state index in [-0.39, 0.29) is 0 Å². The molecule has 0 aliphatic carbocycles. The maximum atomic E-state index is 10.2. The van der Waals surface area contributed by atoms with E-state index in [9.17, 15) is 8.42 Å². The topological polar surface area (TPSA) is 46.2 Å². The normalized spacial score (nSPS) is 9.33. The molecule has 0 unspecified atom stereocenters. The molecule has 0 aliphatic heterocycles. The van der Waals surface area contributed by atoms with Gasteiger partial charge in [0.25, 0.3) is 0 Å². The van der Waals surface area contributed by atoms with Crippen LogP contribution in [0.5, 0.6) is 0 Å². The molecule has 0 bridgehead atoms. The predicted octanol–water partition coefficient (Wildman–Crippen LogP) is 0.606. The number of rotatable bonds is 2. The Morgan fingerprint density at radius 1 is 1.42 bits per heavy atom. The summed E-state index contributed by atoms with van der Waals surface area (Å²) >= 11 is 0. The van der Waals surface area contributed by atoms with E-state index in [0.29, 0.717) is 11.3 Å². The maximum Gasteiger partial charge on any atom is 0.222 e. The van der Waals surface area contributed by atoms with Gasteiger partial charge in [-0.25, -0.2) is 8.42 Å². The maximum absolute atomic E-state index is 10.2. The quantitative estimate of drug-likeness (QED) is 0.518. The Morgan fingerprint density at radius 3 is 2.75 bits per heavy atom. The fourth-order valence-electron chi connectivity index (χ4n) is 0.784. The zero-order valence-corrected chi connectivity index (χ0v) is 7.04. The van der Waals surface area contributed by atoms with Crippen LogP contribution in [0, 0.1) is 12.3 Å². The van der Waals surface area contributed by atoms with Gasteiger partial charge in [-0.15, -0.1) is 6.42 Å². The van der Waals surface area contributed by atoms with E-state index in [1.54, 1.807) is 24.3 Å². The summed E-state index contributed by atoms with van der Waals surface area (Å²) in [6.45, 7) is 0. The third kappa shape index (κ3) is 2.29. The van der Waals surface area contributed by atoms with Crippen molar-refractivity contribution in [2.24, 2.45) is 0 Å². The monoisotopic (exact) mass is 181 g/mol. The number of benzene rings is 1. The molecule has 12 heavy (non-hydrogen) atoms. The van der Waals surface area contributed by atoms with E-state index in [4.69, 9.17) is 6.42 Å². The van der Waals surface area contributed by atoms with Crippen LogP contribution in [0.4, 0.5) is 5.69 Å². The highest BCUT2D eigenvalue weighted by molar-refractivity contribution is 7.73. The molecule has 0 fully saturated rings. The molecule has 0 saturated carbocycles. The van der Waals surface area contributed by atoms with E-state index in [1.807, 2.05) is 0 Å². The van der Waals surface area contributed by atoms with E-state index in [1.165, 1.54) is 0 Å². The predicted molar refractivity (Wildman–Crippen MR) is 48.3 cm³/mol. The van der Waals surface area contributed by atoms with Crippen molar-refractivity contribution in [1.29, 1.82) is 0 Å². The Morgan fingerprint density at radius 2 is 2.17 bits per heavy atom. The first kappa shape index (κ1) is 8.62. The van der Waals surface area contributed by atoms with E-state index in [2.05, 4.69) is 10.6 Å². The third-order valence-electron chi connectivity index (χ3n) is 1.25. The molecule has 0 heterocycles. The molecule has 3 nitrogen and oxygen atoms in total. The van der Waals surface area contributed by atoms with Crippen molar-refractivity contribution < 1.29 is 8.42 Å². The summed E-state index contributed by atoms with van der Waals surface area (Å²) < 4.78 is 22.7. The van der Waals surface area contributed by atoms with Gasteiger partial charge in [0.1, 0.15) is 0 Å². The largest absolute Gasteiger partial charge is 0.286 e. The number of hydrogen-bond donors (Lipinski definition) is 2. The first-order valence-electron chi connectivity index (χ1n) is 3.20. The lowest BCUT2D eigenvalue weighted by Gasteiger charge is -1.97. The Balaban J connectivity index is 2.96. The summed E-state index contributed by atoms with van der Waals surface area (Å²) in [6.07, 6.45) is 5.12. The summed E-state index contributed by atoms with van der Waals surface area (Å²) in [5, 5.41) is 0. The average molecular weight is 181 g/mol. The van der Waals surface area contributed by atoms with Crippen LogP contribution in [0.1, 0.15) is 5.56 Å². The first-order chi connectivity index (χ1) is 5.72. The Bertz CT molecular complexity index is 382. The fourth-order valence-corrected chi connectivity index (χ4v) is 1.13. The van der Waals surface area contributed by atoms with Gasteiger partial charge < -0.3 is 0 Å². The molecule has 0 amide bonds. The second kappa shape index (κ2) is 3.79. The van der Waals surface area contributed by atoms with Crippen LogP contribution in [0.15, 0.2) is 24.3 Å². The summed E-state index contributed by atoms with van der Waals surface area (Å²) in [4.78, 5) is 0. The zero-order chi connectivity index (χ0) is 8.97. The Labute approximate surface area is 72.5 Å². The zero-order valence-electron chi connectivity index (χ0n) is 6.15. The van der Waals surface area contributed by atoms with Gasteiger partial charge in [-0.05, 0) is 18.2 Å². The van der Waals surface area contributed by atoms with Gasteiger partial charge >= 0.3 is 0 Å². The molecule has 0 aliphatic rings. The number of nitrogens with one attached hydrogen (secondary N) is 1. The molecule has 0 radical (unpaired) electrons. The van der Waals surface area contributed by atoms with Crippen LogP contribution in [-0.2, 0) is 10.9 Å². The second-order valence-corrected chi connectivity index (χ2v) is 2.83. The van der Waals surface area contributed by atoms with Gasteiger partial charge in [-0.3, -0.25) is 4.72 Å². The molecule has 4 heteroatoms. The van der Waals surface area contributed by atoms with Crippen LogP contribution >= 0.6 is 0 Å². The van der Waals surface area contributed by atoms with Crippen LogP contribution in [-0.4, -0.2) is 8.42 Å². The smallest absolute Gasteiger partial charge is 0.222 e. The molecular formula is C8H7NO2S. The minimum atomic E-state index is -2.61. The highest BCUT2D eigenvalue weighted by atomic mass is 32.2. The second-order valence-electron chi connectivity index (χ2n) is 2.09. The van der Waals surface area contributed by atoms with Crippen molar-refractivity contribution in [3.8, 4) is 12.3 Å². The van der Waals surface area contributed by atoms with Gasteiger partial charge in [0.2, 0.25) is 10.9 Å². The molecule has 0 atom stereocenters. The SMILES string of the molecule is C#Cc1cccc(N[SH](=O)=O)c1. The van der Waals surface area contributed by atoms with Crippen LogP contribution < -0.4 is 4.72 Å². The van der Waals surface area contributed by atoms with Crippen molar-refractivity contribution in [2.45, 2.75) is 0 Å². The van der Waals surface area contributed by atoms with Crippen molar-refractivity contribution in [3.05, 3.63) is 29.8 Å². The first-order valence-corrected chi connectivity index (χ1v) is 4.38. The van der Waals surface area contributed by atoms with E-state index in [0.717, 1.165) is 0 Å². The molecule has 0 spiro atoms. The van der Waals surface area contributed by atoms with Crippen LogP contribution in [0.25, 0.3) is 0 Å². The molecule has 62 valence electrons. The fraction of sp³-hybridized carbons (Fsp3) is 0. The Kier molecular flexibility index (Phi) is 2.72. The standard InChI is InChI=1S/C8H7NO2S/c1-2-7-4-3-5-8(6-7)9-12(10)11/h1,3-6,12H,(H,9,10,11). The molecule has 1 rings (SSSR count). The molecule has 1 N–H and O–H groups in total. The number of hydrogen-bond acceptors (Lipinski definition) is 2. The van der Waals surface area contributed by atoms with Gasteiger partial charge in [-0.2, -0.15) is 0 Å². The number of anilines is 1. The summed E-state index contributed by atoms with van der Waals surface area (Å²) in [6, 6.07) is 6.64. The molecule has 0 aromatic heterocycles. The van der Waals surface area contributed by atoms with Gasteiger partial charge in [0, 0.05) is 11.3 Å². The van der Waals surface area contributed by atoms with E-state index >= 15 is 0 Å². The summed E-state index contributed by atoms with van der Waals surface area (Å²) in [7, 11) is -2.61. The van der Waals surface area contributed by atoms with Crippen molar-refractivity contribution in [3.63, 3.8) is 0 Å². The summed E-state index contributed by atoms with van der Waals surface area (Å²) in [5.74, 6) is 2.40. The third-order valence-corrected chi connectivity index (χ3v) is 1.69. The van der Waals surface area contributed by atoms with Crippen molar-refractivity contribution >= 4 is 16.6 Å². The molecule has 0 saturated heterocycles. The minimum absolute atomic E-state index is 0.488. The van der Waals surface area contributed by atoms with Crippen molar-refractivity contribution in [1.82, 2.24) is 0 Å². The number of terminal acetylenes is 1. The van der Waals surface area contributed by atoms with Gasteiger partial charge in [-0.1, -0.05) is 12.0 Å². The van der Waals surface area contributed by atoms with Gasteiger partial charge in [0.15, 0.2) is 0 Å².